The van der Waals surface area contributed by atoms with Crippen LogP contribution in [0.4, 0.5) is 0 Å². The van der Waals surface area contributed by atoms with Gasteiger partial charge in [0.1, 0.15) is 11.5 Å². The molecule has 0 spiro atoms. The van der Waals surface area contributed by atoms with Crippen LogP contribution in [0.3, 0.4) is 0 Å². The summed E-state index contributed by atoms with van der Waals surface area (Å²) < 4.78 is 6.67. The van der Waals surface area contributed by atoms with Crippen LogP contribution in [0.5, 0.6) is 11.5 Å². The minimum absolute atomic E-state index is 0.0845. The summed E-state index contributed by atoms with van der Waals surface area (Å²) in [7, 11) is 1.63. The van der Waals surface area contributed by atoms with E-state index >= 15 is 0 Å². The Balaban J connectivity index is 1.53. The second-order valence-electron chi connectivity index (χ2n) is 6.04. The molecule has 1 aromatic heterocycles. The second kappa shape index (κ2) is 9.23. The van der Waals surface area contributed by atoms with Crippen molar-refractivity contribution in [1.29, 1.82) is 0 Å². The largest absolute Gasteiger partial charge is 0.508 e. The molecule has 1 heterocycles. The first-order valence-corrected chi connectivity index (χ1v) is 9.60. The minimum Gasteiger partial charge on any atom is -0.508 e. The lowest BCUT2D eigenvalue weighted by molar-refractivity contribution is -0.120. The number of phenolic OH excluding ortho intramolecular Hbond substituents is 1. The van der Waals surface area contributed by atoms with Gasteiger partial charge in [-0.25, -0.2) is 0 Å². The summed E-state index contributed by atoms with van der Waals surface area (Å²) in [5, 5.41) is 24.1. The molecule has 8 nitrogen and oxygen atoms in total. The zero-order valence-electron chi connectivity index (χ0n) is 15.6. The van der Waals surface area contributed by atoms with Gasteiger partial charge in [0.2, 0.25) is 11.1 Å². The lowest BCUT2D eigenvalue weighted by atomic mass is 10.1. The van der Waals surface area contributed by atoms with Crippen LogP contribution in [0.1, 0.15) is 12.5 Å². The average molecular weight is 399 g/mol. The number of methoxy groups -OCH3 is 1. The van der Waals surface area contributed by atoms with Gasteiger partial charge in [0.25, 0.3) is 0 Å². The molecule has 3 rings (SSSR count). The molecule has 2 N–H and O–H groups in total. The smallest absolute Gasteiger partial charge is 0.233 e. The summed E-state index contributed by atoms with van der Waals surface area (Å²) in [6.45, 7) is 2.35. The van der Waals surface area contributed by atoms with Crippen molar-refractivity contribution in [3.63, 3.8) is 0 Å². The van der Waals surface area contributed by atoms with Crippen LogP contribution in [-0.2, 0) is 11.2 Å². The number of thioether (sulfide) groups is 1. The lowest BCUT2D eigenvalue weighted by Crippen LogP contribution is -2.32. The number of aromatic hydroxyl groups is 1. The Kier molecular flexibility index (Phi) is 6.49. The average Bonchev–Trinajstić information content (AvgIpc) is 3.17. The van der Waals surface area contributed by atoms with E-state index in [0.29, 0.717) is 17.4 Å². The van der Waals surface area contributed by atoms with Crippen molar-refractivity contribution < 1.29 is 14.6 Å². The quantitative estimate of drug-likeness (QED) is 0.560. The van der Waals surface area contributed by atoms with Crippen molar-refractivity contribution in [2.45, 2.75) is 23.8 Å². The molecule has 0 aliphatic rings. The molecule has 0 fully saturated rings. The molecule has 2 aromatic carbocycles. The van der Waals surface area contributed by atoms with Crippen LogP contribution < -0.4 is 10.1 Å². The number of carbonyl (C=O) groups is 1. The van der Waals surface area contributed by atoms with Crippen molar-refractivity contribution in [3.8, 4) is 17.2 Å². The zero-order valence-corrected chi connectivity index (χ0v) is 16.4. The first-order valence-electron chi connectivity index (χ1n) is 8.72. The summed E-state index contributed by atoms with van der Waals surface area (Å²) in [4.78, 5) is 12.4. The van der Waals surface area contributed by atoms with Gasteiger partial charge >= 0.3 is 0 Å². The molecule has 0 radical (unpaired) electrons. The fraction of sp³-hybridized carbons (Fsp3) is 0.263. The highest BCUT2D eigenvalue weighted by molar-refractivity contribution is 8.00. The number of tetrazole rings is 1. The lowest BCUT2D eigenvalue weighted by Gasteiger charge is -2.12. The number of rotatable bonds is 8. The van der Waals surface area contributed by atoms with Crippen molar-refractivity contribution in [1.82, 2.24) is 25.5 Å². The van der Waals surface area contributed by atoms with Gasteiger partial charge in [0.15, 0.2) is 0 Å². The van der Waals surface area contributed by atoms with Crippen LogP contribution >= 0.6 is 11.8 Å². The summed E-state index contributed by atoms with van der Waals surface area (Å²) in [5.74, 6) is 0.888. The first kappa shape index (κ1) is 19.7. The normalized spacial score (nSPS) is 11.8. The monoisotopic (exact) mass is 399 g/mol. The topological polar surface area (TPSA) is 102 Å². The Morgan fingerprint density at radius 1 is 1.21 bits per heavy atom. The van der Waals surface area contributed by atoms with Gasteiger partial charge < -0.3 is 15.2 Å². The fourth-order valence-electron chi connectivity index (χ4n) is 2.49. The van der Waals surface area contributed by atoms with Crippen molar-refractivity contribution in [3.05, 3.63) is 54.1 Å². The molecule has 0 saturated heterocycles. The van der Waals surface area contributed by atoms with E-state index in [4.69, 9.17) is 4.74 Å². The number of carbonyl (C=O) groups excluding carboxylic acids is 1. The van der Waals surface area contributed by atoms with Gasteiger partial charge in [-0.2, -0.15) is 4.68 Å². The SMILES string of the molecule is COc1ccc(CCNC(=O)C(C)Sc2nnnn2-c2ccc(O)cc2)cc1. The number of hydrogen-bond acceptors (Lipinski definition) is 7. The molecule has 1 amide bonds. The highest BCUT2D eigenvalue weighted by Crippen LogP contribution is 2.23. The van der Waals surface area contributed by atoms with Crippen LogP contribution in [0.2, 0.25) is 0 Å². The van der Waals surface area contributed by atoms with Gasteiger partial charge in [0, 0.05) is 6.54 Å². The number of benzene rings is 2. The molecule has 0 bridgehead atoms. The number of nitrogens with zero attached hydrogens (tertiary/aromatic N) is 4. The number of amides is 1. The molecule has 3 aromatic rings. The van der Waals surface area contributed by atoms with Gasteiger partial charge in [-0.3, -0.25) is 4.79 Å². The van der Waals surface area contributed by atoms with Crippen LogP contribution in [0, 0.1) is 0 Å². The molecule has 0 aliphatic heterocycles. The fourth-order valence-corrected chi connectivity index (χ4v) is 3.32. The molecule has 0 aliphatic carbocycles. The van der Waals surface area contributed by atoms with E-state index in [1.54, 1.807) is 31.4 Å². The van der Waals surface area contributed by atoms with E-state index in [1.165, 1.54) is 16.4 Å². The maximum Gasteiger partial charge on any atom is 0.233 e. The zero-order chi connectivity index (χ0) is 19.9. The standard InChI is InChI=1S/C19H21N5O3S/c1-13(18(26)20-12-11-14-3-9-17(27-2)10-4-14)28-19-21-22-23-24(19)15-5-7-16(25)8-6-15/h3-10,13,25H,11-12H2,1-2H3,(H,20,26). The molecular weight excluding hydrogens is 378 g/mol. The van der Waals surface area contributed by atoms with E-state index in [1.807, 2.05) is 31.2 Å². The Morgan fingerprint density at radius 3 is 2.61 bits per heavy atom. The van der Waals surface area contributed by atoms with Gasteiger partial charge in [-0.15, -0.1) is 5.10 Å². The van der Waals surface area contributed by atoms with Gasteiger partial charge in [0.05, 0.1) is 18.0 Å². The number of ether oxygens (including phenoxy) is 1. The molecule has 146 valence electrons. The van der Waals surface area contributed by atoms with Gasteiger partial charge in [-0.05, 0) is 65.7 Å². The Labute approximate surface area is 166 Å². The second-order valence-corrected chi connectivity index (χ2v) is 7.35. The number of phenols is 1. The number of hydrogen-bond donors (Lipinski definition) is 2. The Hall–Kier alpha value is -3.07. The summed E-state index contributed by atoms with van der Waals surface area (Å²) in [5.41, 5.74) is 1.83. The summed E-state index contributed by atoms with van der Waals surface area (Å²) in [6.07, 6.45) is 0.734. The summed E-state index contributed by atoms with van der Waals surface area (Å²) in [6, 6.07) is 14.3. The van der Waals surface area contributed by atoms with Crippen LogP contribution in [0.15, 0.2) is 53.7 Å². The third-order valence-electron chi connectivity index (χ3n) is 4.06. The molecule has 1 atom stereocenters. The van der Waals surface area contributed by atoms with Crippen molar-refractivity contribution in [2.75, 3.05) is 13.7 Å². The minimum atomic E-state index is -0.363. The molecule has 9 heteroatoms. The highest BCUT2D eigenvalue weighted by Gasteiger charge is 2.19. The Bertz CT molecular complexity index is 912. The first-order chi connectivity index (χ1) is 13.6. The maximum absolute atomic E-state index is 12.4. The van der Waals surface area contributed by atoms with Crippen LogP contribution in [0.25, 0.3) is 5.69 Å². The van der Waals surface area contributed by atoms with Gasteiger partial charge in [-0.1, -0.05) is 23.9 Å². The van der Waals surface area contributed by atoms with E-state index in [0.717, 1.165) is 17.7 Å². The maximum atomic E-state index is 12.4. The van der Waals surface area contributed by atoms with E-state index in [-0.39, 0.29) is 16.9 Å². The van der Waals surface area contributed by atoms with E-state index in [9.17, 15) is 9.90 Å². The highest BCUT2D eigenvalue weighted by atomic mass is 32.2. The predicted octanol–water partition coefficient (Wildman–Crippen LogP) is 2.22. The molecular formula is C19H21N5O3S. The van der Waals surface area contributed by atoms with Crippen molar-refractivity contribution in [2.24, 2.45) is 0 Å². The number of aromatic nitrogens is 4. The molecule has 0 saturated carbocycles. The predicted molar refractivity (Wildman–Crippen MR) is 106 cm³/mol. The Morgan fingerprint density at radius 2 is 1.93 bits per heavy atom. The summed E-state index contributed by atoms with van der Waals surface area (Å²) >= 11 is 1.27. The third-order valence-corrected chi connectivity index (χ3v) is 5.09. The third kappa shape index (κ3) is 5.01. The van der Waals surface area contributed by atoms with Crippen LogP contribution in [-0.4, -0.2) is 50.1 Å². The molecule has 1 unspecified atom stereocenters. The van der Waals surface area contributed by atoms with E-state index < -0.39 is 0 Å². The van der Waals surface area contributed by atoms with E-state index in [2.05, 4.69) is 20.8 Å². The number of nitrogens with one attached hydrogen (secondary N) is 1. The van der Waals surface area contributed by atoms with Crippen molar-refractivity contribution >= 4 is 17.7 Å². The molecule has 28 heavy (non-hydrogen) atoms.